The van der Waals surface area contributed by atoms with Crippen LogP contribution in [0.25, 0.3) is 155 Å². The quantitative estimate of drug-likeness (QED) is 0.0818. The summed E-state index contributed by atoms with van der Waals surface area (Å²) in [5.41, 5.74) is 46.5. The van der Waals surface area contributed by atoms with Crippen molar-refractivity contribution in [2.75, 3.05) is 0 Å². The Hall–Kier alpha value is -14.3. The standard InChI is InChI=1S/C106H80N8/c1-59-63(5)99-97(100-64(6)60(2)80(108-100)56-84-88(68-37-19-10-20-38-68)92(72-45-27-14-28-46-72)104(112-84)103-91(71-43-25-13-26-44-71)87(67-35-17-9-18-36-67)83(111-103)55-79(59)107-99)77-53-33-51-75-76-52-34-54-78(96(76)95(75)77)98-101-65(7)61(3)81(109-101)57-85-89(69-39-21-11-22-40-69)93(73-47-29-15-30-48-73)105(113-85)106-94(74-49-31-16-32-50-74)90(70-41-23-12-24-42-70)86(114-106)58-82-62(4)66(8)102(98)110-82/h9-58,107-111,113H,1-8H3. The van der Waals surface area contributed by atoms with Gasteiger partial charge in [0.05, 0.1) is 55.9 Å². The van der Waals surface area contributed by atoms with Crippen LogP contribution < -0.4 is 0 Å². The van der Waals surface area contributed by atoms with E-state index in [1.165, 1.54) is 20.9 Å². The van der Waals surface area contributed by atoms with Gasteiger partial charge in [-0.1, -0.05) is 279 Å². The highest BCUT2D eigenvalue weighted by molar-refractivity contribution is 6.16. The van der Waals surface area contributed by atoms with Gasteiger partial charge in [-0.2, -0.15) is 0 Å². The van der Waals surface area contributed by atoms with Gasteiger partial charge < -0.3 is 29.9 Å². The smallest absolute Gasteiger partial charge is 0.0963 e. The molecule has 0 spiro atoms. The average molecular weight is 1470 g/mol. The number of benzene rings is 10. The molecule has 114 heavy (non-hydrogen) atoms. The van der Waals surface area contributed by atoms with E-state index in [4.69, 9.17) is 9.97 Å². The van der Waals surface area contributed by atoms with Crippen molar-refractivity contribution in [3.8, 4) is 66.8 Å². The molecule has 8 nitrogen and oxygen atoms in total. The van der Waals surface area contributed by atoms with Crippen LogP contribution in [-0.2, 0) is 0 Å². The Morgan fingerprint density at radius 2 is 0.439 bits per heavy atom. The highest BCUT2D eigenvalue weighted by atomic mass is 14.8. The number of H-pyrrole nitrogens is 6. The number of nitrogens with zero attached hydrogens (tertiary/aromatic N) is 2. The lowest BCUT2D eigenvalue weighted by atomic mass is 9.87. The summed E-state index contributed by atoms with van der Waals surface area (Å²) in [5, 5.41) is 4.79. The largest absolute Gasteiger partial charge is 0.354 e. The maximum Gasteiger partial charge on any atom is 0.0963 e. The molecule has 16 bridgehead atoms. The minimum absolute atomic E-state index is 0.872. The number of hydrogen-bond acceptors (Lipinski definition) is 2. The van der Waals surface area contributed by atoms with Crippen LogP contribution in [0.5, 0.6) is 0 Å². The van der Waals surface area contributed by atoms with Gasteiger partial charge in [0.1, 0.15) is 0 Å². The van der Waals surface area contributed by atoms with Crippen LogP contribution in [0.2, 0.25) is 0 Å². The van der Waals surface area contributed by atoms with Crippen LogP contribution in [-0.4, -0.2) is 39.9 Å². The Kier molecular flexibility index (Phi) is 15.9. The maximum absolute atomic E-state index is 5.98. The molecule has 0 radical (unpaired) electrons. The fourth-order valence-corrected chi connectivity index (χ4v) is 18.5. The van der Waals surface area contributed by atoms with Crippen molar-refractivity contribution in [2.24, 2.45) is 0 Å². The zero-order valence-electron chi connectivity index (χ0n) is 64.8. The first kappa shape index (κ1) is 67.7. The number of fused-ring (bicyclic) bond motifs is 20. The summed E-state index contributed by atoms with van der Waals surface area (Å²) in [6.07, 6.45) is 0. The third kappa shape index (κ3) is 10.6. The first-order valence-corrected chi connectivity index (χ1v) is 39.5. The lowest BCUT2D eigenvalue weighted by molar-refractivity contribution is 1.28. The van der Waals surface area contributed by atoms with Gasteiger partial charge in [0.2, 0.25) is 0 Å². The highest BCUT2D eigenvalue weighted by Crippen LogP contribution is 2.51. The van der Waals surface area contributed by atoms with Crippen LogP contribution in [0.4, 0.5) is 0 Å². The molecule has 0 amide bonds. The van der Waals surface area contributed by atoms with Crippen molar-refractivity contribution in [3.05, 3.63) is 414 Å². The van der Waals surface area contributed by atoms with Crippen LogP contribution in [0.1, 0.15) is 89.5 Å². The summed E-state index contributed by atoms with van der Waals surface area (Å²) in [5.74, 6) is 0. The molecule has 8 aromatic heterocycles. The zero-order chi connectivity index (χ0) is 76.7. The molecule has 10 heterocycles. The van der Waals surface area contributed by atoms with Gasteiger partial charge in [-0.3, -0.25) is 0 Å². The van der Waals surface area contributed by atoms with E-state index < -0.39 is 0 Å². The van der Waals surface area contributed by atoms with E-state index in [-0.39, 0.29) is 0 Å². The Balaban J connectivity index is 0.908. The minimum atomic E-state index is 0.872. The Labute approximate surface area is 660 Å². The lowest BCUT2D eigenvalue weighted by Gasteiger charge is -2.16. The number of aryl methyl sites for hydroxylation is 8. The van der Waals surface area contributed by atoms with Crippen molar-refractivity contribution < 1.29 is 0 Å². The molecular formula is C106H80N8. The van der Waals surface area contributed by atoms with E-state index in [0.717, 1.165) is 245 Å². The predicted molar refractivity (Wildman–Crippen MR) is 474 cm³/mol. The van der Waals surface area contributed by atoms with E-state index in [2.05, 4.69) is 389 Å². The van der Waals surface area contributed by atoms with Crippen LogP contribution in [0.3, 0.4) is 0 Å². The Morgan fingerprint density at radius 3 is 0.728 bits per heavy atom. The van der Waals surface area contributed by atoms with Crippen LogP contribution in [0.15, 0.2) is 303 Å². The molecule has 18 aromatic rings. The fourth-order valence-electron chi connectivity index (χ4n) is 18.5. The molecule has 544 valence electrons. The number of rotatable bonds is 10. The van der Waals surface area contributed by atoms with E-state index in [0.29, 0.717) is 0 Å². The van der Waals surface area contributed by atoms with Gasteiger partial charge in [-0.05, 0) is 201 Å². The van der Waals surface area contributed by atoms with Crippen molar-refractivity contribution >= 4 is 88.5 Å². The summed E-state index contributed by atoms with van der Waals surface area (Å²) in [4.78, 5) is 37.3. The number of hydrogen-bond donors (Lipinski definition) is 6. The van der Waals surface area contributed by atoms with Gasteiger partial charge in [0, 0.05) is 88.8 Å². The van der Waals surface area contributed by atoms with Crippen molar-refractivity contribution in [1.82, 2.24) is 39.9 Å². The lowest BCUT2D eigenvalue weighted by Crippen LogP contribution is -1.99. The summed E-state index contributed by atoms with van der Waals surface area (Å²) >= 11 is 0. The second-order valence-corrected chi connectivity index (χ2v) is 30.9. The van der Waals surface area contributed by atoms with Crippen LogP contribution in [0, 0.1) is 76.3 Å². The molecule has 0 atom stereocenters. The summed E-state index contributed by atoms with van der Waals surface area (Å²) < 4.78 is 0. The average Bonchev–Trinajstić information content (AvgIpc) is 0.836. The normalized spacial score (nSPS) is 12.5. The van der Waals surface area contributed by atoms with Crippen LogP contribution >= 0.6 is 0 Å². The van der Waals surface area contributed by atoms with Gasteiger partial charge in [-0.25, -0.2) is 9.97 Å². The molecule has 10 aromatic carbocycles. The first-order valence-electron chi connectivity index (χ1n) is 39.5. The van der Waals surface area contributed by atoms with Gasteiger partial charge in [0.25, 0.3) is 0 Å². The van der Waals surface area contributed by atoms with Gasteiger partial charge in [0.15, 0.2) is 0 Å². The maximum atomic E-state index is 5.98. The molecule has 2 aliphatic heterocycles. The van der Waals surface area contributed by atoms with Crippen molar-refractivity contribution in [3.63, 3.8) is 0 Å². The number of nitrogens with one attached hydrogen (secondary N) is 6. The molecule has 0 saturated heterocycles. The summed E-state index contributed by atoms with van der Waals surface area (Å²) in [6, 6.07) is 110. The molecule has 0 saturated carbocycles. The van der Waals surface area contributed by atoms with E-state index in [1.807, 2.05) is 0 Å². The molecule has 1 aliphatic carbocycles. The van der Waals surface area contributed by atoms with E-state index in [9.17, 15) is 0 Å². The van der Waals surface area contributed by atoms with Crippen molar-refractivity contribution in [1.29, 1.82) is 0 Å². The summed E-state index contributed by atoms with van der Waals surface area (Å²) in [7, 11) is 0. The van der Waals surface area contributed by atoms with Gasteiger partial charge >= 0.3 is 0 Å². The van der Waals surface area contributed by atoms with E-state index >= 15 is 0 Å². The molecule has 0 fully saturated rings. The highest BCUT2D eigenvalue weighted by Gasteiger charge is 2.32. The monoisotopic (exact) mass is 1460 g/mol. The SMILES string of the molecule is Cc1c(C)c2[nH]c1cc1nc(c3[nH]c(cc4[nH]c(c(C)c4C)c2-c2cccc4c2=c2c(-c5c6[nH]c(cc7nc(c8[nH]c(cc9[nH]c5c(C)c9C)c(-c5ccccc5)c8-c5ccccc5)C(c5ccccc5)=C7c5ccccc5)c(C)c6C)cccc2=4)c(-c2ccccc2)c3-c2ccccc2)C(c2ccccc2)=C1c1ccccc1. The fraction of sp³-hybridized carbons (Fsp3) is 0.0755. The third-order valence-electron chi connectivity index (χ3n) is 24.7. The minimum Gasteiger partial charge on any atom is -0.354 e. The zero-order valence-corrected chi connectivity index (χ0v) is 64.8. The van der Waals surface area contributed by atoms with Crippen molar-refractivity contribution in [2.45, 2.75) is 55.4 Å². The van der Waals surface area contributed by atoms with E-state index in [1.54, 1.807) is 0 Å². The Morgan fingerprint density at radius 1 is 0.193 bits per heavy atom. The second kappa shape index (κ2) is 26.7. The summed E-state index contributed by atoms with van der Waals surface area (Å²) in [6.45, 7) is 18.3. The second-order valence-electron chi connectivity index (χ2n) is 30.9. The Bertz CT molecular complexity index is 7150. The molecule has 8 heteroatoms. The number of aromatic nitrogens is 8. The van der Waals surface area contributed by atoms with Gasteiger partial charge in [-0.15, -0.1) is 0 Å². The third-order valence-corrected chi connectivity index (χ3v) is 24.7. The topological polar surface area (TPSA) is 121 Å². The molecule has 3 aliphatic rings. The molecule has 0 unspecified atom stereocenters. The molecular weight excluding hydrogens is 1390 g/mol. The molecule has 6 N–H and O–H groups in total. The number of aromatic amines is 6. The first-order chi connectivity index (χ1) is 55.9. The predicted octanol–water partition coefficient (Wildman–Crippen LogP) is 26.7. The molecule has 21 rings (SSSR count).